The number of amides is 1. The van der Waals surface area contributed by atoms with Crippen molar-refractivity contribution in [1.29, 1.82) is 0 Å². The summed E-state index contributed by atoms with van der Waals surface area (Å²) in [4.78, 5) is 13.8. The Morgan fingerprint density at radius 1 is 0.688 bits per heavy atom. The molecule has 0 bridgehead atoms. The molecule has 1 spiro atoms. The van der Waals surface area contributed by atoms with Gasteiger partial charge < -0.3 is 10.1 Å². The Kier molecular flexibility index (Phi) is 3.25. The smallest absolute Gasteiger partial charge is 0.244 e. The Hall–Kier alpha value is -4.18. The van der Waals surface area contributed by atoms with E-state index in [-0.39, 0.29) is 11.7 Å². The molecule has 2 aliphatic heterocycles. The fraction of sp³-hybridized carbons (Fsp3) is 0.0357. The predicted molar refractivity (Wildman–Crippen MR) is 123 cm³/mol. The van der Waals surface area contributed by atoms with Gasteiger partial charge in [0.15, 0.2) is 0 Å². The molecule has 5 aromatic carbocycles. The predicted octanol–water partition coefficient (Wildman–Crippen LogP) is 6.52. The quantitative estimate of drug-likeness (QED) is 0.311. The third-order valence-corrected chi connectivity index (χ3v) is 6.75. The molecular formula is C28H16FNO2. The van der Waals surface area contributed by atoms with Gasteiger partial charge in [0.05, 0.1) is 0 Å². The summed E-state index contributed by atoms with van der Waals surface area (Å²) in [6.45, 7) is 0. The fourth-order valence-corrected chi connectivity index (χ4v) is 5.36. The van der Waals surface area contributed by atoms with E-state index >= 15 is 0 Å². The molecule has 2 aliphatic rings. The van der Waals surface area contributed by atoms with Crippen LogP contribution < -0.4 is 10.1 Å². The summed E-state index contributed by atoms with van der Waals surface area (Å²) in [7, 11) is 0. The van der Waals surface area contributed by atoms with Crippen molar-refractivity contribution in [3.8, 4) is 11.5 Å². The number of ether oxygens (including phenoxy) is 1. The number of carbonyl (C=O) groups is 1. The second kappa shape index (κ2) is 5.95. The Bertz CT molecular complexity index is 1540. The molecule has 0 unspecified atom stereocenters. The van der Waals surface area contributed by atoms with Gasteiger partial charge in [-0.25, -0.2) is 4.39 Å². The lowest BCUT2D eigenvalue weighted by atomic mass is 9.67. The van der Waals surface area contributed by atoms with Gasteiger partial charge >= 0.3 is 0 Å². The normalized spacial score (nSPS) is 15.2. The van der Waals surface area contributed by atoms with E-state index in [1.165, 1.54) is 12.1 Å². The highest BCUT2D eigenvalue weighted by Gasteiger charge is 2.55. The van der Waals surface area contributed by atoms with E-state index in [9.17, 15) is 9.18 Å². The number of benzene rings is 5. The summed E-state index contributed by atoms with van der Waals surface area (Å²) >= 11 is 0. The third-order valence-electron chi connectivity index (χ3n) is 6.75. The van der Waals surface area contributed by atoms with E-state index in [0.717, 1.165) is 38.2 Å². The molecule has 3 nitrogen and oxygen atoms in total. The van der Waals surface area contributed by atoms with Crippen LogP contribution >= 0.6 is 0 Å². The van der Waals surface area contributed by atoms with Crippen LogP contribution in [0.25, 0.3) is 21.5 Å². The van der Waals surface area contributed by atoms with Crippen molar-refractivity contribution in [1.82, 2.24) is 0 Å². The van der Waals surface area contributed by atoms with Gasteiger partial charge in [-0.1, -0.05) is 78.9 Å². The number of hydrogen-bond donors (Lipinski definition) is 1. The molecule has 1 amide bonds. The van der Waals surface area contributed by atoms with Crippen LogP contribution in [0.3, 0.4) is 0 Å². The van der Waals surface area contributed by atoms with E-state index in [2.05, 4.69) is 5.32 Å². The van der Waals surface area contributed by atoms with E-state index in [1.54, 1.807) is 6.07 Å². The first-order valence-corrected chi connectivity index (χ1v) is 10.5. The first-order chi connectivity index (χ1) is 15.7. The van der Waals surface area contributed by atoms with Crippen LogP contribution in [0.15, 0.2) is 91.0 Å². The Morgan fingerprint density at radius 2 is 1.25 bits per heavy atom. The molecule has 7 rings (SSSR count). The van der Waals surface area contributed by atoms with Crippen LogP contribution in [0.4, 0.5) is 10.1 Å². The van der Waals surface area contributed by atoms with Gasteiger partial charge in [0.2, 0.25) is 5.91 Å². The number of fused-ring (bicyclic) bond motifs is 10. The van der Waals surface area contributed by atoms with Gasteiger partial charge in [0.25, 0.3) is 0 Å². The molecule has 4 heteroatoms. The highest BCUT2D eigenvalue weighted by atomic mass is 19.1. The van der Waals surface area contributed by atoms with Crippen molar-refractivity contribution in [2.75, 3.05) is 5.32 Å². The molecule has 5 aromatic rings. The first kappa shape index (κ1) is 17.5. The Balaban J connectivity index is 1.69. The SMILES string of the molecule is O=C1Nc2cc(F)ccc2C12c1ccc3ccccc3c1Oc1c2ccc2ccccc12. The van der Waals surface area contributed by atoms with Crippen molar-refractivity contribution < 1.29 is 13.9 Å². The summed E-state index contributed by atoms with van der Waals surface area (Å²) in [6.07, 6.45) is 0. The van der Waals surface area contributed by atoms with Crippen molar-refractivity contribution in [2.45, 2.75) is 5.41 Å². The average Bonchev–Trinajstić information content (AvgIpc) is 3.10. The molecule has 0 radical (unpaired) electrons. The number of carbonyl (C=O) groups excluding carboxylic acids is 1. The minimum Gasteiger partial charge on any atom is -0.455 e. The minimum absolute atomic E-state index is 0.200. The summed E-state index contributed by atoms with van der Waals surface area (Å²) in [6, 6.07) is 28.5. The third kappa shape index (κ3) is 2.02. The van der Waals surface area contributed by atoms with Gasteiger partial charge in [-0.15, -0.1) is 0 Å². The van der Waals surface area contributed by atoms with Crippen molar-refractivity contribution >= 4 is 33.1 Å². The maximum atomic E-state index is 14.1. The molecule has 0 saturated heterocycles. The molecule has 152 valence electrons. The zero-order valence-corrected chi connectivity index (χ0v) is 16.9. The lowest BCUT2D eigenvalue weighted by Gasteiger charge is -2.37. The summed E-state index contributed by atoms with van der Waals surface area (Å²) in [5, 5.41) is 6.88. The van der Waals surface area contributed by atoms with E-state index < -0.39 is 5.41 Å². The number of hydrogen-bond acceptors (Lipinski definition) is 2. The second-order valence-corrected chi connectivity index (χ2v) is 8.32. The fourth-order valence-electron chi connectivity index (χ4n) is 5.36. The van der Waals surface area contributed by atoms with Crippen molar-refractivity contribution in [3.05, 3.63) is 114 Å². The first-order valence-electron chi connectivity index (χ1n) is 10.5. The zero-order chi connectivity index (χ0) is 21.4. The topological polar surface area (TPSA) is 38.3 Å². The molecule has 0 aliphatic carbocycles. The standard InChI is InChI=1S/C28H16FNO2/c29-18-11-14-21-24(15-18)30-27(31)28(21)22-12-9-16-5-1-3-7-19(16)25(22)32-26-20-8-4-2-6-17(20)10-13-23(26)28/h1-15H,(H,30,31). The number of rotatable bonds is 0. The van der Waals surface area contributed by atoms with Crippen LogP contribution in [0.1, 0.15) is 16.7 Å². The lowest BCUT2D eigenvalue weighted by molar-refractivity contribution is -0.118. The number of nitrogens with one attached hydrogen (secondary N) is 1. The summed E-state index contributed by atoms with van der Waals surface area (Å²) in [5.41, 5.74) is 1.64. The van der Waals surface area contributed by atoms with Crippen LogP contribution in [0, 0.1) is 5.82 Å². The van der Waals surface area contributed by atoms with Gasteiger partial charge in [-0.2, -0.15) is 0 Å². The molecule has 32 heavy (non-hydrogen) atoms. The zero-order valence-electron chi connectivity index (χ0n) is 16.9. The highest BCUT2D eigenvalue weighted by Crippen LogP contribution is 2.58. The van der Waals surface area contributed by atoms with Crippen LogP contribution in [0.2, 0.25) is 0 Å². The van der Waals surface area contributed by atoms with E-state index in [0.29, 0.717) is 17.2 Å². The van der Waals surface area contributed by atoms with E-state index in [4.69, 9.17) is 4.74 Å². The maximum Gasteiger partial charge on any atom is 0.244 e. The Morgan fingerprint density at radius 3 is 1.88 bits per heavy atom. The highest BCUT2D eigenvalue weighted by molar-refractivity contribution is 6.14. The lowest BCUT2D eigenvalue weighted by Crippen LogP contribution is -2.39. The maximum absolute atomic E-state index is 14.1. The van der Waals surface area contributed by atoms with Gasteiger partial charge in [0.1, 0.15) is 22.7 Å². The summed E-state index contributed by atoms with van der Waals surface area (Å²) < 4.78 is 20.7. The number of anilines is 1. The monoisotopic (exact) mass is 417 g/mol. The minimum atomic E-state index is -1.12. The van der Waals surface area contributed by atoms with E-state index in [1.807, 2.05) is 72.8 Å². The number of halogens is 1. The van der Waals surface area contributed by atoms with Crippen molar-refractivity contribution in [3.63, 3.8) is 0 Å². The molecule has 0 atom stereocenters. The average molecular weight is 417 g/mol. The molecular weight excluding hydrogens is 401 g/mol. The molecule has 0 fully saturated rings. The molecule has 1 N–H and O–H groups in total. The molecule has 0 aromatic heterocycles. The van der Waals surface area contributed by atoms with Crippen LogP contribution in [-0.4, -0.2) is 5.91 Å². The van der Waals surface area contributed by atoms with Gasteiger partial charge in [-0.05, 0) is 22.9 Å². The largest absolute Gasteiger partial charge is 0.455 e. The van der Waals surface area contributed by atoms with Crippen molar-refractivity contribution in [2.24, 2.45) is 0 Å². The van der Waals surface area contributed by atoms with Gasteiger partial charge in [0, 0.05) is 33.2 Å². The van der Waals surface area contributed by atoms with Crippen LogP contribution in [0.5, 0.6) is 11.5 Å². The second-order valence-electron chi connectivity index (χ2n) is 8.32. The Labute approximate surface area is 183 Å². The van der Waals surface area contributed by atoms with Crippen LogP contribution in [-0.2, 0) is 10.2 Å². The molecule has 0 saturated carbocycles. The van der Waals surface area contributed by atoms with Gasteiger partial charge in [-0.3, -0.25) is 4.79 Å². The summed E-state index contributed by atoms with van der Waals surface area (Å²) in [5.74, 6) is 0.749. The molecule has 2 heterocycles.